The fourth-order valence-electron chi connectivity index (χ4n) is 1.89. The van der Waals surface area contributed by atoms with Gasteiger partial charge in [0.15, 0.2) is 5.75 Å². The molecule has 0 amide bonds. The van der Waals surface area contributed by atoms with Crippen molar-refractivity contribution >= 4 is 0 Å². The first-order valence-electron chi connectivity index (χ1n) is 6.61. The summed E-state index contributed by atoms with van der Waals surface area (Å²) in [5, 5.41) is 8.73. The summed E-state index contributed by atoms with van der Waals surface area (Å²) < 4.78 is 16.2. The van der Waals surface area contributed by atoms with Crippen molar-refractivity contribution < 1.29 is 14.2 Å². The smallest absolute Gasteiger partial charge is 0.292 e. The van der Waals surface area contributed by atoms with Crippen molar-refractivity contribution in [2.45, 2.75) is 20.5 Å². The molecule has 0 saturated carbocycles. The summed E-state index contributed by atoms with van der Waals surface area (Å²) in [5.41, 5.74) is 1.63. The van der Waals surface area contributed by atoms with Crippen LogP contribution in [-0.2, 0) is 6.61 Å². The Morgan fingerprint density at radius 1 is 1.14 bits per heavy atom. The Bertz CT molecular complexity index is 650. The fourth-order valence-corrected chi connectivity index (χ4v) is 1.89. The minimum absolute atomic E-state index is 0.213. The van der Waals surface area contributed by atoms with Crippen LogP contribution >= 0.6 is 0 Å². The number of hydrogen-bond acceptors (Lipinski definition) is 5. The number of nitriles is 1. The maximum atomic E-state index is 8.73. The number of aromatic nitrogens is 1. The molecule has 0 saturated heterocycles. The lowest BCUT2D eigenvalue weighted by atomic mass is 10.2. The van der Waals surface area contributed by atoms with Gasteiger partial charge in [-0.25, -0.2) is 4.98 Å². The third kappa shape index (κ3) is 3.63. The van der Waals surface area contributed by atoms with E-state index in [1.807, 2.05) is 32.0 Å². The van der Waals surface area contributed by atoms with E-state index in [-0.39, 0.29) is 6.61 Å². The van der Waals surface area contributed by atoms with Gasteiger partial charge in [-0.2, -0.15) is 0 Å². The second-order valence-corrected chi connectivity index (χ2v) is 4.27. The Kier molecular flexibility index (Phi) is 4.99. The van der Waals surface area contributed by atoms with Crippen LogP contribution < -0.4 is 14.2 Å². The van der Waals surface area contributed by atoms with Crippen LogP contribution in [0, 0.1) is 18.4 Å². The lowest BCUT2D eigenvalue weighted by Crippen LogP contribution is -2.04. The topological polar surface area (TPSA) is 64.4 Å². The average Bonchev–Trinajstić information content (AvgIpc) is 2.49. The van der Waals surface area contributed by atoms with Crippen molar-refractivity contribution in [3.05, 3.63) is 47.7 Å². The summed E-state index contributed by atoms with van der Waals surface area (Å²) >= 11 is 0. The van der Waals surface area contributed by atoms with Crippen molar-refractivity contribution in [2.75, 3.05) is 6.61 Å². The standard InChI is InChI=1S/C16H16N2O3/c1-3-19-14-7-4-8-15(21-11-17)13(14)10-20-16-12(2)6-5-9-18-16/h4-9H,3,10H2,1-2H3. The van der Waals surface area contributed by atoms with Crippen molar-refractivity contribution in [3.63, 3.8) is 0 Å². The van der Waals surface area contributed by atoms with Crippen LogP contribution in [0.4, 0.5) is 0 Å². The molecular weight excluding hydrogens is 268 g/mol. The number of hydrogen-bond donors (Lipinski definition) is 0. The second-order valence-electron chi connectivity index (χ2n) is 4.27. The van der Waals surface area contributed by atoms with Crippen LogP contribution in [0.1, 0.15) is 18.1 Å². The van der Waals surface area contributed by atoms with Gasteiger partial charge >= 0.3 is 0 Å². The average molecular weight is 284 g/mol. The predicted octanol–water partition coefficient (Wildman–Crippen LogP) is 3.23. The molecule has 1 heterocycles. The van der Waals surface area contributed by atoms with Crippen LogP contribution in [0.5, 0.6) is 17.4 Å². The quantitative estimate of drug-likeness (QED) is 0.762. The molecule has 0 aliphatic heterocycles. The monoisotopic (exact) mass is 284 g/mol. The van der Waals surface area contributed by atoms with Gasteiger partial charge in [0.05, 0.1) is 12.2 Å². The molecule has 21 heavy (non-hydrogen) atoms. The summed E-state index contributed by atoms with van der Waals surface area (Å²) in [6, 6.07) is 9.06. The molecule has 1 aromatic heterocycles. The number of pyridine rings is 1. The highest BCUT2D eigenvalue weighted by molar-refractivity contribution is 5.45. The first kappa shape index (κ1) is 14.7. The molecule has 108 valence electrons. The molecule has 0 fully saturated rings. The zero-order chi connectivity index (χ0) is 15.1. The number of benzene rings is 1. The van der Waals surface area contributed by atoms with E-state index in [0.717, 1.165) is 5.56 Å². The highest BCUT2D eigenvalue weighted by Gasteiger charge is 2.13. The van der Waals surface area contributed by atoms with E-state index in [1.165, 1.54) is 0 Å². The molecule has 0 radical (unpaired) electrons. The highest BCUT2D eigenvalue weighted by atomic mass is 16.5. The van der Waals surface area contributed by atoms with Crippen LogP contribution in [0.15, 0.2) is 36.5 Å². The van der Waals surface area contributed by atoms with E-state index in [0.29, 0.717) is 29.5 Å². The van der Waals surface area contributed by atoms with E-state index in [4.69, 9.17) is 19.5 Å². The van der Waals surface area contributed by atoms with Gasteiger partial charge in [0.25, 0.3) is 6.26 Å². The molecule has 0 aliphatic rings. The molecule has 0 N–H and O–H groups in total. The zero-order valence-corrected chi connectivity index (χ0v) is 12.0. The van der Waals surface area contributed by atoms with Crippen molar-refractivity contribution in [1.29, 1.82) is 5.26 Å². The maximum Gasteiger partial charge on any atom is 0.292 e. The molecule has 5 nitrogen and oxygen atoms in total. The lowest BCUT2D eigenvalue weighted by molar-refractivity contribution is 0.271. The van der Waals surface area contributed by atoms with Crippen molar-refractivity contribution in [3.8, 4) is 23.6 Å². The minimum atomic E-state index is 0.213. The first-order chi connectivity index (χ1) is 10.3. The number of nitrogens with zero attached hydrogens (tertiary/aromatic N) is 2. The molecule has 2 rings (SSSR count). The summed E-state index contributed by atoms with van der Waals surface area (Å²) in [6.45, 7) is 4.55. The van der Waals surface area contributed by atoms with Crippen molar-refractivity contribution in [2.24, 2.45) is 0 Å². The molecular formula is C16H16N2O3. The van der Waals surface area contributed by atoms with Crippen LogP contribution in [0.25, 0.3) is 0 Å². The van der Waals surface area contributed by atoms with Crippen LogP contribution in [-0.4, -0.2) is 11.6 Å². The lowest BCUT2D eigenvalue weighted by Gasteiger charge is -2.14. The zero-order valence-electron chi connectivity index (χ0n) is 12.0. The number of aryl methyl sites for hydroxylation is 1. The summed E-state index contributed by atoms with van der Waals surface area (Å²) in [5.74, 6) is 1.61. The maximum absolute atomic E-state index is 8.73. The Hall–Kier alpha value is -2.74. The van der Waals surface area contributed by atoms with Gasteiger partial charge in [-0.3, -0.25) is 0 Å². The van der Waals surface area contributed by atoms with Gasteiger partial charge in [0.2, 0.25) is 5.88 Å². The fraction of sp³-hybridized carbons (Fsp3) is 0.250. The van der Waals surface area contributed by atoms with E-state index >= 15 is 0 Å². The van der Waals surface area contributed by atoms with Gasteiger partial charge in [0.1, 0.15) is 12.4 Å². The molecule has 2 aromatic rings. The van der Waals surface area contributed by atoms with Gasteiger partial charge in [0, 0.05) is 11.8 Å². The predicted molar refractivity (Wildman–Crippen MR) is 77.2 cm³/mol. The second kappa shape index (κ2) is 7.15. The molecule has 1 aromatic carbocycles. The Balaban J connectivity index is 2.25. The Morgan fingerprint density at radius 2 is 1.95 bits per heavy atom. The minimum Gasteiger partial charge on any atom is -0.493 e. The third-order valence-corrected chi connectivity index (χ3v) is 2.86. The summed E-state index contributed by atoms with van der Waals surface area (Å²) in [6.07, 6.45) is 3.35. The largest absolute Gasteiger partial charge is 0.493 e. The van der Waals surface area contributed by atoms with Gasteiger partial charge < -0.3 is 14.2 Å². The molecule has 0 atom stereocenters. The van der Waals surface area contributed by atoms with Gasteiger partial charge in [-0.15, -0.1) is 5.26 Å². The van der Waals surface area contributed by atoms with Crippen molar-refractivity contribution in [1.82, 2.24) is 4.98 Å². The van der Waals surface area contributed by atoms with E-state index < -0.39 is 0 Å². The number of ether oxygens (including phenoxy) is 3. The number of rotatable bonds is 6. The first-order valence-corrected chi connectivity index (χ1v) is 6.61. The SMILES string of the molecule is CCOc1cccc(OC#N)c1COc1ncccc1C. The van der Waals surface area contributed by atoms with Gasteiger partial charge in [-0.05, 0) is 32.0 Å². The normalized spacial score (nSPS) is 9.76. The van der Waals surface area contributed by atoms with E-state index in [2.05, 4.69) is 4.98 Å². The summed E-state index contributed by atoms with van der Waals surface area (Å²) in [4.78, 5) is 4.18. The van der Waals surface area contributed by atoms with Crippen LogP contribution in [0.2, 0.25) is 0 Å². The molecule has 0 aliphatic carbocycles. The summed E-state index contributed by atoms with van der Waals surface area (Å²) in [7, 11) is 0. The van der Waals surface area contributed by atoms with E-state index in [1.54, 1.807) is 24.6 Å². The Labute approximate surface area is 123 Å². The van der Waals surface area contributed by atoms with Gasteiger partial charge in [-0.1, -0.05) is 12.1 Å². The molecule has 0 bridgehead atoms. The van der Waals surface area contributed by atoms with Crippen LogP contribution in [0.3, 0.4) is 0 Å². The molecule has 5 heteroatoms. The highest BCUT2D eigenvalue weighted by Crippen LogP contribution is 2.30. The molecule has 0 spiro atoms. The Morgan fingerprint density at radius 3 is 2.67 bits per heavy atom. The molecule has 0 unspecified atom stereocenters. The van der Waals surface area contributed by atoms with E-state index in [9.17, 15) is 0 Å². The third-order valence-electron chi connectivity index (χ3n) is 2.86.